The summed E-state index contributed by atoms with van der Waals surface area (Å²) in [5, 5.41) is 5.55. The van der Waals surface area contributed by atoms with Crippen LogP contribution >= 0.6 is 7.26 Å². The second-order valence-electron chi connectivity index (χ2n) is 6.18. The molecule has 0 atom stereocenters. The third kappa shape index (κ3) is 6.77. The van der Waals surface area contributed by atoms with E-state index in [0.29, 0.717) is 0 Å². The van der Waals surface area contributed by atoms with Gasteiger partial charge in [-0.2, -0.15) is 0 Å². The normalized spacial score (nSPS) is 9.88. The topological polar surface area (TPSA) is 0 Å². The van der Waals surface area contributed by atoms with Crippen molar-refractivity contribution in [2.24, 2.45) is 0 Å². The van der Waals surface area contributed by atoms with Gasteiger partial charge in [0.05, 0.1) is 0 Å². The summed E-state index contributed by atoms with van der Waals surface area (Å²) in [4.78, 5) is 0. The Kier molecular flexibility index (Phi) is 13.2. The molecule has 0 amide bonds. The van der Waals surface area contributed by atoms with E-state index in [1.54, 1.807) is 0 Å². The Morgan fingerprint density at radius 1 is 0.375 bits per heavy atom. The van der Waals surface area contributed by atoms with Gasteiger partial charge in [-0.1, -0.05) is 72.8 Å². The van der Waals surface area contributed by atoms with Crippen molar-refractivity contribution in [2.75, 3.05) is 0 Å². The minimum Gasteiger partial charge on any atom is -0.425 e. The van der Waals surface area contributed by atoms with Crippen LogP contribution in [-0.2, 0) is 17.1 Å². The smallest absolute Gasteiger partial charge is 0.425 e. The number of benzene rings is 4. The van der Waals surface area contributed by atoms with Gasteiger partial charge in [0.1, 0.15) is 28.5 Å². The maximum atomic E-state index is 9.50. The summed E-state index contributed by atoms with van der Waals surface area (Å²) in [5.74, 6) is 0. The first-order valence-corrected chi connectivity index (χ1v) is 11.2. The molecule has 4 rings (SSSR count). The molecule has 32 heavy (non-hydrogen) atoms. The maximum Gasteiger partial charge on any atom is 1.00 e. The fraction of sp³-hybridized carbons (Fsp3) is 0. The summed E-state index contributed by atoms with van der Waals surface area (Å²) in [6, 6.07) is 43.8. The van der Waals surface area contributed by atoms with Crippen LogP contribution in [0.2, 0.25) is 0 Å². The van der Waals surface area contributed by atoms with Crippen LogP contribution in [0.3, 0.4) is 0 Å². The number of hydrogen-bond acceptors (Lipinski definition) is 0. The van der Waals surface area contributed by atoms with E-state index in [2.05, 4.69) is 121 Å². The first-order valence-electron chi connectivity index (χ1n) is 9.41. The summed E-state index contributed by atoms with van der Waals surface area (Å²) < 4.78 is 38.0. The fourth-order valence-corrected chi connectivity index (χ4v) is 7.77. The molecule has 0 aromatic heterocycles. The van der Waals surface area contributed by atoms with Crippen molar-refractivity contribution in [2.45, 2.75) is 0 Å². The molecule has 0 fully saturated rings. The van der Waals surface area contributed by atoms with Crippen LogP contribution in [0.1, 0.15) is 0 Å². The van der Waals surface area contributed by atoms with Gasteiger partial charge in [0.15, 0.2) is 0 Å². The Morgan fingerprint density at radius 2 is 0.531 bits per heavy atom. The largest absolute Gasteiger partial charge is 1.00 e. The standard InChI is InChI=1S/C24H20P.2CHF2.Cu/c1-5-13-21(14-6-1)25(22-15-7-2-8-16-22,23-17-9-3-10-18-23)24-19-11-4-12-20-24;2*2-1-3;/h1-20H;2*1H;/q+1;2*-1;+1. The number of rotatable bonds is 4. The van der Waals surface area contributed by atoms with Gasteiger partial charge >= 0.3 is 17.1 Å². The van der Waals surface area contributed by atoms with Gasteiger partial charge in [-0.15, -0.1) is 0 Å². The monoisotopic (exact) mass is 504 g/mol. The van der Waals surface area contributed by atoms with E-state index in [0.717, 1.165) is 0 Å². The Balaban J connectivity index is 0.000000662. The van der Waals surface area contributed by atoms with Crippen LogP contribution in [0.4, 0.5) is 17.6 Å². The molecule has 4 aromatic rings. The molecule has 0 spiro atoms. The van der Waals surface area contributed by atoms with Crippen LogP contribution in [0.25, 0.3) is 0 Å². The van der Waals surface area contributed by atoms with Gasteiger partial charge in [0.2, 0.25) is 0 Å². The number of halogens is 4. The Morgan fingerprint density at radius 3 is 0.688 bits per heavy atom. The molecule has 0 heterocycles. The van der Waals surface area contributed by atoms with E-state index in [4.69, 9.17) is 0 Å². The molecule has 0 unspecified atom stereocenters. The summed E-state index contributed by atoms with van der Waals surface area (Å²) in [7, 11) is -1.91. The second kappa shape index (κ2) is 15.4. The van der Waals surface area contributed by atoms with E-state index in [9.17, 15) is 17.6 Å². The van der Waals surface area contributed by atoms with Crippen LogP contribution in [0, 0.1) is 13.9 Å². The Bertz CT molecular complexity index is 806. The molecule has 0 nitrogen and oxygen atoms in total. The molecule has 0 saturated carbocycles. The first-order chi connectivity index (χ1) is 15.2. The molecule has 0 bridgehead atoms. The van der Waals surface area contributed by atoms with Crippen LogP contribution in [-0.4, -0.2) is 0 Å². The molecule has 4 aromatic carbocycles. The van der Waals surface area contributed by atoms with Gasteiger partial charge < -0.3 is 17.6 Å². The van der Waals surface area contributed by atoms with Crippen molar-refractivity contribution >= 4 is 28.5 Å². The first kappa shape index (κ1) is 27.6. The SMILES string of the molecule is F[CH-]F.F[CH-]F.[Cu+].c1ccc([P+](c2ccccc2)(c2ccccc2)c2ccccc2)cc1. The van der Waals surface area contributed by atoms with E-state index in [1.807, 2.05) is 0 Å². The van der Waals surface area contributed by atoms with Crippen molar-refractivity contribution in [3.05, 3.63) is 135 Å². The minimum atomic E-state index is -1.91. The van der Waals surface area contributed by atoms with Gasteiger partial charge in [0.25, 0.3) is 0 Å². The molecule has 0 aliphatic carbocycles. The third-order valence-corrected chi connectivity index (χ3v) is 8.86. The summed E-state index contributed by atoms with van der Waals surface area (Å²) >= 11 is 0. The zero-order valence-corrected chi connectivity index (χ0v) is 18.8. The molecule has 0 aliphatic heterocycles. The predicted molar refractivity (Wildman–Crippen MR) is 124 cm³/mol. The Hall–Kier alpha value is -2.45. The maximum absolute atomic E-state index is 9.50. The van der Waals surface area contributed by atoms with Crippen LogP contribution in [0.5, 0.6) is 0 Å². The van der Waals surface area contributed by atoms with E-state index in [1.165, 1.54) is 21.2 Å². The summed E-state index contributed by atoms with van der Waals surface area (Å²) in [5.41, 5.74) is 0. The molecule has 6 heteroatoms. The van der Waals surface area contributed by atoms with Crippen molar-refractivity contribution in [1.82, 2.24) is 0 Å². The van der Waals surface area contributed by atoms with E-state index >= 15 is 0 Å². The zero-order valence-electron chi connectivity index (χ0n) is 17.0. The molecule has 0 saturated heterocycles. The second-order valence-corrected chi connectivity index (χ2v) is 9.59. The van der Waals surface area contributed by atoms with Crippen molar-refractivity contribution < 1.29 is 34.6 Å². The van der Waals surface area contributed by atoms with Gasteiger partial charge in [0, 0.05) is 0 Å². The zero-order chi connectivity index (χ0) is 22.4. The predicted octanol–water partition coefficient (Wildman–Crippen LogP) is 6.39. The molecular weight excluding hydrogens is 483 g/mol. The van der Waals surface area contributed by atoms with Gasteiger partial charge in [-0.05, 0) is 62.4 Å². The van der Waals surface area contributed by atoms with Gasteiger partial charge in [-0.25, -0.2) is 0 Å². The van der Waals surface area contributed by atoms with E-state index < -0.39 is 21.1 Å². The molecule has 170 valence electrons. The Labute approximate surface area is 198 Å². The molecular formula is C26H22CuF4P. The third-order valence-electron chi connectivity index (χ3n) is 4.57. The average Bonchev–Trinajstić information content (AvgIpc) is 2.84. The quantitative estimate of drug-likeness (QED) is 0.131. The summed E-state index contributed by atoms with van der Waals surface area (Å²) in [6.07, 6.45) is 0. The molecule has 0 aliphatic rings. The average molecular weight is 505 g/mol. The minimum absolute atomic E-state index is 0. The van der Waals surface area contributed by atoms with Crippen molar-refractivity contribution in [3.8, 4) is 0 Å². The molecule has 0 N–H and O–H groups in total. The van der Waals surface area contributed by atoms with Gasteiger partial charge in [-0.3, -0.25) is 0 Å². The molecule has 0 radical (unpaired) electrons. The van der Waals surface area contributed by atoms with Crippen molar-refractivity contribution in [3.63, 3.8) is 0 Å². The number of hydrogen-bond donors (Lipinski definition) is 0. The van der Waals surface area contributed by atoms with Crippen LogP contribution in [0.15, 0.2) is 121 Å². The van der Waals surface area contributed by atoms with Crippen molar-refractivity contribution in [1.29, 1.82) is 0 Å². The van der Waals surface area contributed by atoms with E-state index in [-0.39, 0.29) is 17.1 Å². The fourth-order valence-electron chi connectivity index (χ4n) is 3.50. The van der Waals surface area contributed by atoms with Crippen LogP contribution < -0.4 is 21.2 Å². The summed E-state index contributed by atoms with van der Waals surface area (Å²) in [6.45, 7) is -2.00.